The first-order chi connectivity index (χ1) is 8.45. The fourth-order valence-electron chi connectivity index (χ4n) is 1.40. The van der Waals surface area contributed by atoms with E-state index in [9.17, 15) is 18.4 Å². The maximum Gasteiger partial charge on any atom is 0.307 e. The maximum atomic E-state index is 13.3. The van der Waals surface area contributed by atoms with Crippen LogP contribution in [0.4, 0.5) is 8.78 Å². The quantitative estimate of drug-likeness (QED) is 0.834. The topological polar surface area (TPSA) is 55.4 Å². The normalized spacial score (nSPS) is 11.8. The van der Waals surface area contributed by atoms with Gasteiger partial charge in [0.15, 0.2) is 0 Å². The molecule has 0 aliphatic carbocycles. The molecule has 18 heavy (non-hydrogen) atoms. The van der Waals surface area contributed by atoms with Gasteiger partial charge in [-0.3, -0.25) is 9.59 Å². The summed E-state index contributed by atoms with van der Waals surface area (Å²) in [7, 11) is 1.22. The lowest BCUT2D eigenvalue weighted by molar-refractivity contribution is -0.141. The number of halogens is 2. The van der Waals surface area contributed by atoms with Crippen molar-refractivity contribution in [1.29, 1.82) is 0 Å². The molecule has 1 N–H and O–H groups in total. The molecule has 1 aromatic rings. The van der Waals surface area contributed by atoms with Gasteiger partial charge < -0.3 is 10.1 Å². The van der Waals surface area contributed by atoms with E-state index >= 15 is 0 Å². The third-order valence-corrected chi connectivity index (χ3v) is 2.27. The van der Waals surface area contributed by atoms with E-state index < -0.39 is 35.1 Å². The van der Waals surface area contributed by atoms with Crippen LogP contribution in [0, 0.1) is 11.6 Å². The Morgan fingerprint density at radius 2 is 1.89 bits per heavy atom. The highest BCUT2D eigenvalue weighted by molar-refractivity contribution is 5.95. The van der Waals surface area contributed by atoms with Crippen molar-refractivity contribution in [1.82, 2.24) is 5.32 Å². The van der Waals surface area contributed by atoms with Crippen LogP contribution >= 0.6 is 0 Å². The molecule has 0 fully saturated rings. The van der Waals surface area contributed by atoms with Crippen LogP contribution in [0.2, 0.25) is 0 Å². The summed E-state index contributed by atoms with van der Waals surface area (Å²) in [6.07, 6.45) is -0.0711. The van der Waals surface area contributed by atoms with Crippen LogP contribution in [-0.2, 0) is 9.53 Å². The Kier molecular flexibility index (Phi) is 4.76. The number of rotatable bonds is 4. The molecule has 0 aromatic heterocycles. The fraction of sp³-hybridized carbons (Fsp3) is 0.333. The summed E-state index contributed by atoms with van der Waals surface area (Å²) in [5, 5.41) is 2.32. The van der Waals surface area contributed by atoms with Crippen molar-refractivity contribution in [2.45, 2.75) is 19.4 Å². The van der Waals surface area contributed by atoms with Crippen LogP contribution in [0.3, 0.4) is 0 Å². The Balaban J connectivity index is 2.74. The van der Waals surface area contributed by atoms with Crippen molar-refractivity contribution in [2.75, 3.05) is 7.11 Å². The number of nitrogens with one attached hydrogen (secondary N) is 1. The molecule has 0 heterocycles. The van der Waals surface area contributed by atoms with Crippen LogP contribution in [0.5, 0.6) is 0 Å². The lowest BCUT2D eigenvalue weighted by Gasteiger charge is -2.13. The highest BCUT2D eigenvalue weighted by Crippen LogP contribution is 2.12. The number of benzene rings is 1. The van der Waals surface area contributed by atoms with E-state index in [0.717, 1.165) is 12.1 Å². The third kappa shape index (κ3) is 3.51. The minimum atomic E-state index is -0.947. The van der Waals surface area contributed by atoms with Gasteiger partial charge in [-0.1, -0.05) is 6.07 Å². The Bertz CT molecular complexity index is 442. The molecule has 1 amide bonds. The molecule has 4 nitrogen and oxygen atoms in total. The maximum absolute atomic E-state index is 13.3. The van der Waals surface area contributed by atoms with Crippen molar-refractivity contribution in [3.63, 3.8) is 0 Å². The summed E-state index contributed by atoms with van der Waals surface area (Å²) in [5.74, 6) is -3.31. The van der Waals surface area contributed by atoms with Gasteiger partial charge in [0.25, 0.3) is 5.91 Å². The van der Waals surface area contributed by atoms with Gasteiger partial charge in [0.1, 0.15) is 17.2 Å². The SMILES string of the molecule is COC(=O)C[C@H](C)NC(=O)c1c(F)cccc1F. The number of ether oxygens (including phenoxy) is 1. The van der Waals surface area contributed by atoms with E-state index in [4.69, 9.17) is 0 Å². The fourth-order valence-corrected chi connectivity index (χ4v) is 1.40. The van der Waals surface area contributed by atoms with Crippen molar-refractivity contribution < 1.29 is 23.1 Å². The minimum Gasteiger partial charge on any atom is -0.469 e. The Hall–Kier alpha value is -1.98. The zero-order valence-corrected chi connectivity index (χ0v) is 10.00. The van der Waals surface area contributed by atoms with E-state index in [1.54, 1.807) is 0 Å². The van der Waals surface area contributed by atoms with Gasteiger partial charge in [0.05, 0.1) is 13.5 Å². The zero-order valence-electron chi connectivity index (χ0n) is 10.00. The average molecular weight is 257 g/mol. The standard InChI is InChI=1S/C12H13F2NO3/c1-7(6-10(16)18-2)15-12(17)11-8(13)4-3-5-9(11)14/h3-5,7H,6H2,1-2H3,(H,15,17)/t7-/m0/s1. The van der Waals surface area contributed by atoms with E-state index in [1.165, 1.54) is 20.1 Å². The van der Waals surface area contributed by atoms with Crippen LogP contribution in [0.25, 0.3) is 0 Å². The second kappa shape index (κ2) is 6.09. The van der Waals surface area contributed by atoms with Crippen LogP contribution in [0.1, 0.15) is 23.7 Å². The Morgan fingerprint density at radius 3 is 2.39 bits per heavy atom. The van der Waals surface area contributed by atoms with Crippen LogP contribution in [0.15, 0.2) is 18.2 Å². The van der Waals surface area contributed by atoms with Crippen molar-refractivity contribution in [3.05, 3.63) is 35.4 Å². The molecule has 0 radical (unpaired) electrons. The molecule has 0 bridgehead atoms. The molecule has 0 unspecified atom stereocenters. The molecule has 0 spiro atoms. The van der Waals surface area contributed by atoms with Gasteiger partial charge in [-0.2, -0.15) is 0 Å². The highest BCUT2D eigenvalue weighted by Gasteiger charge is 2.19. The molecule has 1 rings (SSSR count). The van der Waals surface area contributed by atoms with Crippen molar-refractivity contribution in [2.24, 2.45) is 0 Å². The van der Waals surface area contributed by atoms with Gasteiger partial charge in [-0.05, 0) is 19.1 Å². The van der Waals surface area contributed by atoms with E-state index in [2.05, 4.69) is 10.1 Å². The molecule has 0 saturated heterocycles. The first-order valence-electron chi connectivity index (χ1n) is 5.27. The van der Waals surface area contributed by atoms with Crippen molar-refractivity contribution in [3.8, 4) is 0 Å². The molecular weight excluding hydrogens is 244 g/mol. The van der Waals surface area contributed by atoms with E-state index in [-0.39, 0.29) is 6.42 Å². The summed E-state index contributed by atoms with van der Waals surface area (Å²) in [4.78, 5) is 22.6. The van der Waals surface area contributed by atoms with Gasteiger partial charge in [-0.15, -0.1) is 0 Å². The molecular formula is C12H13F2NO3. The molecule has 1 atom stereocenters. The summed E-state index contributed by atoms with van der Waals surface area (Å²) in [6.45, 7) is 1.54. The Labute approximate surface area is 103 Å². The van der Waals surface area contributed by atoms with Crippen LogP contribution < -0.4 is 5.32 Å². The number of amides is 1. The predicted molar refractivity (Wildman–Crippen MR) is 59.9 cm³/mol. The highest BCUT2D eigenvalue weighted by atomic mass is 19.1. The molecule has 0 aliphatic rings. The second-order valence-electron chi connectivity index (χ2n) is 3.75. The first-order valence-corrected chi connectivity index (χ1v) is 5.27. The molecule has 0 aliphatic heterocycles. The zero-order chi connectivity index (χ0) is 13.7. The number of carbonyl (C=O) groups is 2. The monoisotopic (exact) mass is 257 g/mol. The van der Waals surface area contributed by atoms with Gasteiger partial charge >= 0.3 is 5.97 Å². The first kappa shape index (κ1) is 14.1. The third-order valence-electron chi connectivity index (χ3n) is 2.27. The molecule has 1 aromatic carbocycles. The van der Waals surface area contributed by atoms with E-state index in [0.29, 0.717) is 0 Å². The summed E-state index contributed by atoms with van der Waals surface area (Å²) >= 11 is 0. The predicted octanol–water partition coefficient (Wildman–Crippen LogP) is 1.65. The van der Waals surface area contributed by atoms with Crippen molar-refractivity contribution >= 4 is 11.9 Å². The number of carbonyl (C=O) groups excluding carboxylic acids is 2. The van der Waals surface area contributed by atoms with Gasteiger partial charge in [0.2, 0.25) is 0 Å². The second-order valence-corrected chi connectivity index (χ2v) is 3.75. The molecule has 98 valence electrons. The largest absolute Gasteiger partial charge is 0.469 e. The summed E-state index contributed by atoms with van der Waals surface area (Å²) < 4.78 is 31.0. The lowest BCUT2D eigenvalue weighted by Crippen LogP contribution is -2.35. The molecule has 6 heteroatoms. The minimum absolute atomic E-state index is 0.0711. The van der Waals surface area contributed by atoms with Gasteiger partial charge in [-0.25, -0.2) is 8.78 Å². The Morgan fingerprint density at radius 1 is 1.33 bits per heavy atom. The number of hydrogen-bond donors (Lipinski definition) is 1. The summed E-state index contributed by atoms with van der Waals surface area (Å²) in [5.41, 5.74) is -0.658. The average Bonchev–Trinajstić information content (AvgIpc) is 2.28. The van der Waals surface area contributed by atoms with E-state index in [1.807, 2.05) is 0 Å². The molecule has 0 saturated carbocycles. The number of hydrogen-bond acceptors (Lipinski definition) is 3. The lowest BCUT2D eigenvalue weighted by atomic mass is 10.1. The number of esters is 1. The summed E-state index contributed by atoms with van der Waals surface area (Å²) in [6, 6.07) is 2.56. The smallest absolute Gasteiger partial charge is 0.307 e. The van der Waals surface area contributed by atoms with Crippen LogP contribution in [-0.4, -0.2) is 25.0 Å². The number of methoxy groups -OCH3 is 1. The van der Waals surface area contributed by atoms with Gasteiger partial charge in [0, 0.05) is 6.04 Å².